The molecule has 0 aliphatic carbocycles. The van der Waals surface area contributed by atoms with Gasteiger partial charge < -0.3 is 14.8 Å². The summed E-state index contributed by atoms with van der Waals surface area (Å²) in [5, 5.41) is 3.48. The van der Waals surface area contributed by atoms with Crippen molar-refractivity contribution < 1.29 is 9.47 Å². The molecule has 0 saturated carbocycles. The number of nitrogens with one attached hydrogen (secondary N) is 1. The highest BCUT2D eigenvalue weighted by Gasteiger charge is 2.05. The van der Waals surface area contributed by atoms with Gasteiger partial charge in [-0.15, -0.1) is 0 Å². The zero-order valence-corrected chi connectivity index (χ0v) is 11.7. The van der Waals surface area contributed by atoms with Gasteiger partial charge in [0.1, 0.15) is 5.75 Å². The molecular weight excluding hydrogens is 226 g/mol. The van der Waals surface area contributed by atoms with E-state index < -0.39 is 0 Å². The SMILES string of the molecule is CCCOc1cccc(C(C)NCCCOC)c1. The van der Waals surface area contributed by atoms with Gasteiger partial charge >= 0.3 is 0 Å². The molecule has 0 aliphatic rings. The normalized spacial score (nSPS) is 12.4. The molecule has 102 valence electrons. The van der Waals surface area contributed by atoms with Crippen LogP contribution in [0.4, 0.5) is 0 Å². The Balaban J connectivity index is 2.43. The first kappa shape index (κ1) is 15.0. The molecule has 1 unspecified atom stereocenters. The lowest BCUT2D eigenvalue weighted by Crippen LogP contribution is -2.20. The van der Waals surface area contributed by atoms with Crippen molar-refractivity contribution in [3.63, 3.8) is 0 Å². The lowest BCUT2D eigenvalue weighted by Gasteiger charge is -2.15. The van der Waals surface area contributed by atoms with E-state index in [0.29, 0.717) is 6.04 Å². The molecular formula is C15H25NO2. The van der Waals surface area contributed by atoms with E-state index in [1.165, 1.54) is 5.56 Å². The second kappa shape index (κ2) is 8.95. The number of hydrogen-bond donors (Lipinski definition) is 1. The van der Waals surface area contributed by atoms with E-state index in [1.807, 2.05) is 12.1 Å². The Bertz CT molecular complexity index is 328. The number of ether oxygens (including phenoxy) is 2. The minimum atomic E-state index is 0.340. The van der Waals surface area contributed by atoms with Crippen molar-refractivity contribution in [1.29, 1.82) is 0 Å². The highest BCUT2D eigenvalue weighted by atomic mass is 16.5. The topological polar surface area (TPSA) is 30.5 Å². The summed E-state index contributed by atoms with van der Waals surface area (Å²) in [6, 6.07) is 8.65. The van der Waals surface area contributed by atoms with Crippen molar-refractivity contribution in [1.82, 2.24) is 5.32 Å². The smallest absolute Gasteiger partial charge is 0.119 e. The predicted octanol–water partition coefficient (Wildman–Crippen LogP) is 3.16. The molecule has 0 heterocycles. The molecule has 1 N–H and O–H groups in total. The molecule has 0 saturated heterocycles. The maximum atomic E-state index is 5.64. The second-order valence-electron chi connectivity index (χ2n) is 4.44. The third-order valence-corrected chi connectivity index (χ3v) is 2.81. The first-order valence-electron chi connectivity index (χ1n) is 6.73. The van der Waals surface area contributed by atoms with Crippen molar-refractivity contribution >= 4 is 0 Å². The van der Waals surface area contributed by atoms with Gasteiger partial charge in [-0.2, -0.15) is 0 Å². The fourth-order valence-electron chi connectivity index (χ4n) is 1.75. The summed E-state index contributed by atoms with van der Waals surface area (Å²) in [5.74, 6) is 0.958. The van der Waals surface area contributed by atoms with Gasteiger partial charge in [0.2, 0.25) is 0 Å². The summed E-state index contributed by atoms with van der Waals surface area (Å²) in [7, 11) is 1.73. The number of hydrogen-bond acceptors (Lipinski definition) is 3. The average Bonchev–Trinajstić information content (AvgIpc) is 2.41. The summed E-state index contributed by atoms with van der Waals surface area (Å²) in [5.41, 5.74) is 1.26. The van der Waals surface area contributed by atoms with E-state index in [0.717, 1.165) is 38.3 Å². The Hall–Kier alpha value is -1.06. The minimum Gasteiger partial charge on any atom is -0.494 e. The first-order chi connectivity index (χ1) is 8.77. The summed E-state index contributed by atoms with van der Waals surface area (Å²) < 4.78 is 10.7. The van der Waals surface area contributed by atoms with Crippen LogP contribution in [0.25, 0.3) is 0 Å². The quantitative estimate of drug-likeness (QED) is 0.684. The van der Waals surface area contributed by atoms with Crippen molar-refractivity contribution in [2.24, 2.45) is 0 Å². The fraction of sp³-hybridized carbons (Fsp3) is 0.600. The summed E-state index contributed by atoms with van der Waals surface area (Å²) in [4.78, 5) is 0. The molecule has 0 radical (unpaired) electrons. The number of rotatable bonds is 9. The van der Waals surface area contributed by atoms with Crippen LogP contribution >= 0.6 is 0 Å². The molecule has 1 aromatic carbocycles. The third-order valence-electron chi connectivity index (χ3n) is 2.81. The summed E-state index contributed by atoms with van der Waals surface area (Å²) in [6.07, 6.45) is 2.07. The monoisotopic (exact) mass is 251 g/mol. The highest BCUT2D eigenvalue weighted by Crippen LogP contribution is 2.19. The maximum absolute atomic E-state index is 5.64. The number of benzene rings is 1. The first-order valence-corrected chi connectivity index (χ1v) is 6.73. The minimum absolute atomic E-state index is 0.340. The zero-order chi connectivity index (χ0) is 13.2. The van der Waals surface area contributed by atoms with E-state index in [-0.39, 0.29) is 0 Å². The van der Waals surface area contributed by atoms with Gasteiger partial charge in [0.15, 0.2) is 0 Å². The molecule has 1 atom stereocenters. The van der Waals surface area contributed by atoms with Gasteiger partial charge in [0, 0.05) is 19.8 Å². The molecule has 1 rings (SSSR count). The van der Waals surface area contributed by atoms with Gasteiger partial charge in [-0.05, 0) is 44.0 Å². The number of methoxy groups -OCH3 is 1. The van der Waals surface area contributed by atoms with Crippen LogP contribution in [0, 0.1) is 0 Å². The zero-order valence-electron chi connectivity index (χ0n) is 11.7. The molecule has 0 amide bonds. The van der Waals surface area contributed by atoms with Gasteiger partial charge in [0.05, 0.1) is 6.61 Å². The molecule has 3 nitrogen and oxygen atoms in total. The van der Waals surface area contributed by atoms with Crippen LogP contribution in [-0.4, -0.2) is 26.9 Å². The van der Waals surface area contributed by atoms with Crippen molar-refractivity contribution in [3.05, 3.63) is 29.8 Å². The standard InChI is InChI=1S/C15H25NO2/c1-4-10-18-15-8-5-7-14(12-15)13(2)16-9-6-11-17-3/h5,7-8,12-13,16H,4,6,9-11H2,1-3H3. The molecule has 18 heavy (non-hydrogen) atoms. The van der Waals surface area contributed by atoms with Crippen molar-refractivity contribution in [2.45, 2.75) is 32.7 Å². The fourth-order valence-corrected chi connectivity index (χ4v) is 1.75. The van der Waals surface area contributed by atoms with E-state index >= 15 is 0 Å². The third kappa shape index (κ3) is 5.52. The summed E-state index contributed by atoms with van der Waals surface area (Å²) >= 11 is 0. The van der Waals surface area contributed by atoms with Gasteiger partial charge in [0.25, 0.3) is 0 Å². The average molecular weight is 251 g/mol. The predicted molar refractivity (Wildman–Crippen MR) is 75.1 cm³/mol. The van der Waals surface area contributed by atoms with E-state index in [1.54, 1.807) is 7.11 Å². The Morgan fingerprint density at radius 1 is 1.28 bits per heavy atom. The molecule has 3 heteroatoms. The van der Waals surface area contributed by atoms with E-state index in [4.69, 9.17) is 9.47 Å². The van der Waals surface area contributed by atoms with Crippen molar-refractivity contribution in [2.75, 3.05) is 26.9 Å². The van der Waals surface area contributed by atoms with Crippen molar-refractivity contribution in [3.8, 4) is 5.75 Å². The van der Waals surface area contributed by atoms with Gasteiger partial charge in [-0.1, -0.05) is 19.1 Å². The Labute approximate surface area is 110 Å². The van der Waals surface area contributed by atoms with Gasteiger partial charge in [-0.25, -0.2) is 0 Å². The Morgan fingerprint density at radius 2 is 2.11 bits per heavy atom. The molecule has 0 spiro atoms. The maximum Gasteiger partial charge on any atom is 0.119 e. The van der Waals surface area contributed by atoms with Crippen LogP contribution in [0.15, 0.2) is 24.3 Å². The summed E-state index contributed by atoms with van der Waals surface area (Å²) in [6.45, 7) is 6.84. The lowest BCUT2D eigenvalue weighted by molar-refractivity contribution is 0.193. The van der Waals surface area contributed by atoms with Crippen LogP contribution in [0.1, 0.15) is 38.3 Å². The van der Waals surface area contributed by atoms with Gasteiger partial charge in [-0.3, -0.25) is 0 Å². The van der Waals surface area contributed by atoms with Crippen LogP contribution in [0.5, 0.6) is 5.75 Å². The highest BCUT2D eigenvalue weighted by molar-refractivity contribution is 5.30. The largest absolute Gasteiger partial charge is 0.494 e. The lowest BCUT2D eigenvalue weighted by atomic mass is 10.1. The molecule has 0 aromatic heterocycles. The Kier molecular flexibility index (Phi) is 7.46. The van der Waals surface area contributed by atoms with Crippen LogP contribution in [0.2, 0.25) is 0 Å². The van der Waals surface area contributed by atoms with E-state index in [2.05, 4.69) is 31.3 Å². The molecule has 0 fully saturated rings. The molecule has 0 aliphatic heterocycles. The van der Waals surface area contributed by atoms with Crippen LogP contribution < -0.4 is 10.1 Å². The molecule has 0 bridgehead atoms. The molecule has 1 aromatic rings. The van der Waals surface area contributed by atoms with Crippen LogP contribution in [0.3, 0.4) is 0 Å². The van der Waals surface area contributed by atoms with E-state index in [9.17, 15) is 0 Å². The Morgan fingerprint density at radius 3 is 2.83 bits per heavy atom. The van der Waals surface area contributed by atoms with Crippen LogP contribution in [-0.2, 0) is 4.74 Å². The second-order valence-corrected chi connectivity index (χ2v) is 4.44.